The Morgan fingerprint density at radius 3 is 2.54 bits per heavy atom. The monoisotopic (exact) mass is 378 g/mol. The fraction of sp³-hybridized carbons (Fsp3) is 0.455. The summed E-state index contributed by atoms with van der Waals surface area (Å²) in [7, 11) is 0. The topological polar surface area (TPSA) is 84.0 Å². The van der Waals surface area contributed by atoms with E-state index in [1.807, 2.05) is 0 Å². The van der Waals surface area contributed by atoms with Gasteiger partial charge in [0.15, 0.2) is 0 Å². The summed E-state index contributed by atoms with van der Waals surface area (Å²) in [6.07, 6.45) is 9.46. The number of fused-ring (bicyclic) bond motifs is 1. The summed E-state index contributed by atoms with van der Waals surface area (Å²) in [6, 6.07) is 10.3. The molecule has 1 unspecified atom stereocenters. The predicted octanol–water partition coefficient (Wildman–Crippen LogP) is 2.96. The number of benzene rings is 1. The molecule has 0 spiro atoms. The van der Waals surface area contributed by atoms with E-state index in [1.54, 1.807) is 6.07 Å². The Labute approximate surface area is 165 Å². The van der Waals surface area contributed by atoms with E-state index in [2.05, 4.69) is 45.1 Å². The average Bonchev–Trinajstić information content (AvgIpc) is 2.75. The van der Waals surface area contributed by atoms with Crippen LogP contribution in [0.25, 0.3) is 0 Å². The molecule has 6 nitrogen and oxygen atoms in total. The zero-order chi connectivity index (χ0) is 19.3. The van der Waals surface area contributed by atoms with E-state index in [0.717, 1.165) is 44.9 Å². The van der Waals surface area contributed by atoms with Gasteiger partial charge >= 0.3 is 0 Å². The van der Waals surface area contributed by atoms with Gasteiger partial charge in [-0.3, -0.25) is 9.59 Å². The lowest BCUT2D eigenvalue weighted by Gasteiger charge is -2.31. The molecule has 0 radical (unpaired) electrons. The first-order chi connectivity index (χ1) is 13.7. The minimum atomic E-state index is -0.124. The number of amides is 2. The van der Waals surface area contributed by atoms with Gasteiger partial charge < -0.3 is 10.6 Å². The molecule has 1 heterocycles. The number of aromatic nitrogens is 2. The van der Waals surface area contributed by atoms with Crippen molar-refractivity contribution >= 4 is 11.8 Å². The number of hydrogen-bond acceptors (Lipinski definition) is 4. The van der Waals surface area contributed by atoms with Gasteiger partial charge in [0, 0.05) is 12.0 Å². The second-order valence-corrected chi connectivity index (χ2v) is 7.81. The molecule has 146 valence electrons. The minimum absolute atomic E-state index is 0.0323. The molecule has 2 aliphatic rings. The van der Waals surface area contributed by atoms with Crippen molar-refractivity contribution in [2.75, 3.05) is 0 Å². The van der Waals surface area contributed by atoms with Gasteiger partial charge in [0.2, 0.25) is 5.91 Å². The van der Waals surface area contributed by atoms with Gasteiger partial charge in [0.25, 0.3) is 5.91 Å². The first-order valence-corrected chi connectivity index (χ1v) is 10.2. The first-order valence-electron chi connectivity index (χ1n) is 10.2. The molecule has 1 fully saturated rings. The molecule has 1 atom stereocenters. The van der Waals surface area contributed by atoms with E-state index >= 15 is 0 Å². The van der Waals surface area contributed by atoms with Crippen LogP contribution in [0.2, 0.25) is 0 Å². The van der Waals surface area contributed by atoms with E-state index in [0.29, 0.717) is 5.56 Å². The normalized spacial score (nSPS) is 24.1. The average molecular weight is 378 g/mol. The van der Waals surface area contributed by atoms with Crippen LogP contribution < -0.4 is 10.6 Å². The summed E-state index contributed by atoms with van der Waals surface area (Å²) in [6.45, 7) is 0. The van der Waals surface area contributed by atoms with Crippen molar-refractivity contribution in [1.29, 1.82) is 0 Å². The van der Waals surface area contributed by atoms with Crippen LogP contribution in [0.3, 0.4) is 0 Å². The van der Waals surface area contributed by atoms with Crippen LogP contribution >= 0.6 is 0 Å². The number of hydrogen-bond donors (Lipinski definition) is 2. The van der Waals surface area contributed by atoms with Gasteiger partial charge in [0.05, 0.1) is 24.0 Å². The Bertz CT molecular complexity index is 831. The SMILES string of the molecule is O=C(NC1CCC(C(=O)NC2CCCc3ccccc32)CC1)c1ccnnc1. The van der Waals surface area contributed by atoms with Crippen molar-refractivity contribution in [2.24, 2.45) is 5.92 Å². The van der Waals surface area contributed by atoms with E-state index < -0.39 is 0 Å². The van der Waals surface area contributed by atoms with Gasteiger partial charge in [-0.25, -0.2) is 0 Å². The molecule has 2 aromatic rings. The maximum absolute atomic E-state index is 12.8. The molecule has 2 aliphatic carbocycles. The highest BCUT2D eigenvalue weighted by molar-refractivity contribution is 5.93. The smallest absolute Gasteiger partial charge is 0.253 e. The molecule has 0 aliphatic heterocycles. The van der Waals surface area contributed by atoms with Crippen LogP contribution in [-0.2, 0) is 11.2 Å². The number of nitrogens with zero attached hydrogens (tertiary/aromatic N) is 2. The van der Waals surface area contributed by atoms with Crippen LogP contribution in [0.4, 0.5) is 0 Å². The summed E-state index contributed by atoms with van der Waals surface area (Å²) >= 11 is 0. The molecule has 1 aromatic carbocycles. The van der Waals surface area contributed by atoms with E-state index in [1.165, 1.54) is 23.5 Å². The fourth-order valence-electron chi connectivity index (χ4n) is 4.39. The number of carbonyl (C=O) groups is 2. The van der Waals surface area contributed by atoms with Crippen molar-refractivity contribution in [3.05, 3.63) is 59.4 Å². The number of carbonyl (C=O) groups excluding carboxylic acids is 2. The van der Waals surface area contributed by atoms with Crippen molar-refractivity contribution in [3.8, 4) is 0 Å². The second-order valence-electron chi connectivity index (χ2n) is 7.81. The Kier molecular flexibility index (Phi) is 5.65. The summed E-state index contributed by atoms with van der Waals surface area (Å²) in [5.41, 5.74) is 3.15. The molecular formula is C22H26N4O2. The summed E-state index contributed by atoms with van der Waals surface area (Å²) in [5, 5.41) is 13.8. The Balaban J connectivity index is 1.28. The van der Waals surface area contributed by atoms with Gasteiger partial charge in [-0.1, -0.05) is 24.3 Å². The van der Waals surface area contributed by atoms with Gasteiger partial charge in [-0.15, -0.1) is 0 Å². The third-order valence-electron chi connectivity index (χ3n) is 5.97. The maximum atomic E-state index is 12.8. The predicted molar refractivity (Wildman–Crippen MR) is 106 cm³/mol. The molecule has 6 heteroatoms. The molecule has 1 aromatic heterocycles. The Hall–Kier alpha value is -2.76. The standard InChI is InChI=1S/C22H26N4O2/c27-21(26-20-7-3-5-15-4-1-2-6-19(15)20)16-8-10-18(11-9-16)25-22(28)17-12-13-23-24-14-17/h1-2,4,6,12-14,16,18,20H,3,5,7-11H2,(H,25,28)(H,26,27). The highest BCUT2D eigenvalue weighted by atomic mass is 16.2. The zero-order valence-electron chi connectivity index (χ0n) is 15.9. The Morgan fingerprint density at radius 2 is 1.75 bits per heavy atom. The summed E-state index contributed by atoms with van der Waals surface area (Å²) in [4.78, 5) is 25.1. The van der Waals surface area contributed by atoms with E-state index in [-0.39, 0.29) is 29.8 Å². The summed E-state index contributed by atoms with van der Waals surface area (Å²) in [5.74, 6) is 0.0660. The van der Waals surface area contributed by atoms with Crippen LogP contribution in [0.15, 0.2) is 42.7 Å². The zero-order valence-corrected chi connectivity index (χ0v) is 15.9. The fourth-order valence-corrected chi connectivity index (χ4v) is 4.39. The van der Waals surface area contributed by atoms with E-state index in [4.69, 9.17) is 0 Å². The lowest BCUT2D eigenvalue weighted by molar-refractivity contribution is -0.126. The third kappa shape index (κ3) is 4.21. The van der Waals surface area contributed by atoms with Crippen molar-refractivity contribution in [3.63, 3.8) is 0 Å². The second kappa shape index (κ2) is 8.50. The minimum Gasteiger partial charge on any atom is -0.349 e. The Morgan fingerprint density at radius 1 is 0.929 bits per heavy atom. The molecule has 1 saturated carbocycles. The van der Waals surface area contributed by atoms with Crippen LogP contribution in [0.1, 0.15) is 66.1 Å². The molecule has 2 amide bonds. The highest BCUT2D eigenvalue weighted by Gasteiger charge is 2.29. The largest absolute Gasteiger partial charge is 0.349 e. The third-order valence-corrected chi connectivity index (χ3v) is 5.97. The number of nitrogens with one attached hydrogen (secondary N) is 2. The molecule has 0 saturated heterocycles. The lowest BCUT2D eigenvalue weighted by atomic mass is 9.84. The first kappa shape index (κ1) is 18.6. The summed E-state index contributed by atoms with van der Waals surface area (Å²) < 4.78 is 0. The van der Waals surface area contributed by atoms with Crippen LogP contribution in [0, 0.1) is 5.92 Å². The van der Waals surface area contributed by atoms with Crippen LogP contribution in [0.5, 0.6) is 0 Å². The van der Waals surface area contributed by atoms with E-state index in [9.17, 15) is 9.59 Å². The number of rotatable bonds is 4. The van der Waals surface area contributed by atoms with Crippen molar-refractivity contribution < 1.29 is 9.59 Å². The van der Waals surface area contributed by atoms with Gasteiger partial charge in [-0.2, -0.15) is 10.2 Å². The molecule has 2 N–H and O–H groups in total. The molecular weight excluding hydrogens is 352 g/mol. The van der Waals surface area contributed by atoms with Gasteiger partial charge in [0.1, 0.15) is 0 Å². The van der Waals surface area contributed by atoms with Gasteiger partial charge in [-0.05, 0) is 62.1 Å². The molecule has 0 bridgehead atoms. The molecule has 28 heavy (non-hydrogen) atoms. The van der Waals surface area contributed by atoms with Crippen molar-refractivity contribution in [1.82, 2.24) is 20.8 Å². The maximum Gasteiger partial charge on any atom is 0.253 e. The number of aryl methyl sites for hydroxylation is 1. The highest BCUT2D eigenvalue weighted by Crippen LogP contribution is 2.31. The van der Waals surface area contributed by atoms with Crippen molar-refractivity contribution in [2.45, 2.75) is 57.0 Å². The van der Waals surface area contributed by atoms with Crippen LogP contribution in [-0.4, -0.2) is 28.1 Å². The lowest BCUT2D eigenvalue weighted by Crippen LogP contribution is -2.42. The quantitative estimate of drug-likeness (QED) is 0.857. The molecule has 4 rings (SSSR count).